The van der Waals surface area contributed by atoms with Crippen molar-refractivity contribution in [2.24, 2.45) is 0 Å². The van der Waals surface area contributed by atoms with E-state index < -0.39 is 0 Å². The van der Waals surface area contributed by atoms with E-state index in [1.54, 1.807) is 0 Å². The Bertz CT molecular complexity index is 584. The summed E-state index contributed by atoms with van der Waals surface area (Å²) in [6.45, 7) is 1.69. The maximum Gasteiger partial charge on any atom is 0.225 e. The van der Waals surface area contributed by atoms with Crippen molar-refractivity contribution < 1.29 is 5.11 Å². The van der Waals surface area contributed by atoms with E-state index in [9.17, 15) is 5.11 Å². The predicted octanol–water partition coefficient (Wildman–Crippen LogP) is -2.54. The van der Waals surface area contributed by atoms with E-state index in [-0.39, 0.29) is 30.4 Å². The van der Waals surface area contributed by atoms with Crippen LogP contribution in [0.1, 0.15) is 11.6 Å². The molecule has 9 N–H and O–H groups in total. The summed E-state index contributed by atoms with van der Waals surface area (Å²) in [7, 11) is 0. The molecule has 0 aromatic carbocycles. The quantitative estimate of drug-likeness (QED) is 0.338. The average Bonchev–Trinajstić information content (AvgIpc) is 2.48. The summed E-state index contributed by atoms with van der Waals surface area (Å²) in [5.41, 5.74) is 22.2. The Morgan fingerprint density at radius 1 is 0.625 bits per heavy atom. The molecule has 0 atom stereocenters. The van der Waals surface area contributed by atoms with Crippen LogP contribution in [0.3, 0.4) is 0 Å². The first-order valence-electron chi connectivity index (χ1n) is 7.31. The van der Waals surface area contributed by atoms with Gasteiger partial charge in [-0.25, -0.2) is 0 Å². The number of aliphatic hydroxyl groups excluding tert-OH is 1. The summed E-state index contributed by atoms with van der Waals surface area (Å²) in [4.78, 5) is 25.6. The van der Waals surface area contributed by atoms with Crippen molar-refractivity contribution in [1.29, 1.82) is 0 Å². The highest BCUT2D eigenvalue weighted by atomic mass is 16.3. The Labute approximate surface area is 138 Å². The molecular formula is C12H21N11O. The summed E-state index contributed by atoms with van der Waals surface area (Å²) in [5, 5.41) is 9.20. The Morgan fingerprint density at radius 3 is 1.33 bits per heavy atom. The summed E-state index contributed by atoms with van der Waals surface area (Å²) in [5.74, 6) is 1.34. The molecule has 24 heavy (non-hydrogen) atoms. The second-order valence-corrected chi connectivity index (χ2v) is 5.00. The van der Waals surface area contributed by atoms with Crippen LogP contribution in [0.4, 0.5) is 23.8 Å². The molecule has 0 fully saturated rings. The Balaban J connectivity index is 1.93. The number of hydrogen-bond acceptors (Lipinski definition) is 12. The molecule has 2 rings (SSSR count). The van der Waals surface area contributed by atoms with Gasteiger partial charge in [-0.05, 0) is 0 Å². The second-order valence-electron chi connectivity index (χ2n) is 5.00. The van der Waals surface area contributed by atoms with E-state index in [0.29, 0.717) is 44.1 Å². The summed E-state index contributed by atoms with van der Waals surface area (Å²) < 4.78 is 0. The highest BCUT2D eigenvalue weighted by Crippen LogP contribution is 2.04. The number of nitrogens with two attached hydrogens (primary N) is 4. The van der Waals surface area contributed by atoms with E-state index in [0.717, 1.165) is 0 Å². The van der Waals surface area contributed by atoms with E-state index in [1.165, 1.54) is 0 Å². The minimum absolute atomic E-state index is 0.0168. The molecule has 0 radical (unpaired) electrons. The van der Waals surface area contributed by atoms with Crippen molar-refractivity contribution in [2.75, 3.05) is 49.2 Å². The van der Waals surface area contributed by atoms with Gasteiger partial charge in [0.2, 0.25) is 23.8 Å². The van der Waals surface area contributed by atoms with Gasteiger partial charge in [0.25, 0.3) is 0 Å². The molecule has 0 bridgehead atoms. The fraction of sp³-hybridized carbons (Fsp3) is 0.500. The van der Waals surface area contributed by atoms with E-state index in [2.05, 4.69) is 29.9 Å². The van der Waals surface area contributed by atoms with Crippen molar-refractivity contribution >= 4 is 23.8 Å². The van der Waals surface area contributed by atoms with Crippen LogP contribution in [0.5, 0.6) is 0 Å². The summed E-state index contributed by atoms with van der Waals surface area (Å²) >= 11 is 0. The minimum atomic E-state index is 0.0168. The van der Waals surface area contributed by atoms with Gasteiger partial charge in [-0.1, -0.05) is 0 Å². The largest absolute Gasteiger partial charge is 0.395 e. The van der Waals surface area contributed by atoms with Crippen molar-refractivity contribution in [3.05, 3.63) is 11.6 Å². The lowest BCUT2D eigenvalue weighted by molar-refractivity contribution is 0.197. The fourth-order valence-electron chi connectivity index (χ4n) is 2.13. The van der Waals surface area contributed by atoms with E-state index in [4.69, 9.17) is 22.9 Å². The molecule has 0 amide bonds. The molecule has 0 saturated carbocycles. The second kappa shape index (κ2) is 8.12. The molecule has 0 aliphatic carbocycles. The first kappa shape index (κ1) is 17.5. The molecule has 12 nitrogen and oxygen atoms in total. The Kier molecular flexibility index (Phi) is 5.92. The Morgan fingerprint density at radius 2 is 1.00 bits per heavy atom. The smallest absolute Gasteiger partial charge is 0.225 e. The average molecular weight is 335 g/mol. The van der Waals surface area contributed by atoms with Crippen molar-refractivity contribution in [3.8, 4) is 0 Å². The van der Waals surface area contributed by atoms with Crippen molar-refractivity contribution in [3.63, 3.8) is 0 Å². The standard InChI is InChI=1S/C12H21N11O/c13-9-17-7(18-10(14)21-9)1-3-23(5-6-24)4-2-8-19-11(15)22-12(16)20-8/h24H,1-6H2,(H4,13,14,17,18,21)(H4,15,16,19,20,22). The summed E-state index contributed by atoms with van der Waals surface area (Å²) in [6, 6.07) is 0. The minimum Gasteiger partial charge on any atom is -0.395 e. The molecule has 12 heteroatoms. The highest BCUT2D eigenvalue weighted by molar-refractivity contribution is 5.26. The van der Waals surface area contributed by atoms with E-state index >= 15 is 0 Å². The predicted molar refractivity (Wildman–Crippen MR) is 88.2 cm³/mol. The van der Waals surface area contributed by atoms with Gasteiger partial charge in [0.15, 0.2) is 0 Å². The molecule has 0 unspecified atom stereocenters. The lowest BCUT2D eigenvalue weighted by Crippen LogP contribution is -2.32. The first-order chi connectivity index (χ1) is 11.5. The SMILES string of the molecule is Nc1nc(N)nc(CCN(CCO)CCc2nc(N)nc(N)n2)n1. The van der Waals surface area contributed by atoms with Crippen LogP contribution in [-0.2, 0) is 12.8 Å². The monoisotopic (exact) mass is 335 g/mol. The van der Waals surface area contributed by atoms with Crippen LogP contribution in [0.25, 0.3) is 0 Å². The number of aromatic nitrogens is 6. The van der Waals surface area contributed by atoms with Gasteiger partial charge in [0, 0.05) is 32.5 Å². The van der Waals surface area contributed by atoms with Gasteiger partial charge in [-0.15, -0.1) is 0 Å². The van der Waals surface area contributed by atoms with Gasteiger partial charge in [-0.2, -0.15) is 29.9 Å². The molecule has 130 valence electrons. The topological polar surface area (TPSA) is 205 Å². The van der Waals surface area contributed by atoms with Gasteiger partial charge in [-0.3, -0.25) is 0 Å². The van der Waals surface area contributed by atoms with Crippen molar-refractivity contribution in [1.82, 2.24) is 34.8 Å². The van der Waals surface area contributed by atoms with Crippen LogP contribution in [-0.4, -0.2) is 66.2 Å². The van der Waals surface area contributed by atoms with Crippen LogP contribution in [0, 0.1) is 0 Å². The van der Waals surface area contributed by atoms with Crippen LogP contribution >= 0.6 is 0 Å². The highest BCUT2D eigenvalue weighted by Gasteiger charge is 2.10. The zero-order chi connectivity index (χ0) is 17.5. The molecule has 0 spiro atoms. The number of aliphatic hydroxyl groups is 1. The molecule has 2 aromatic rings. The maximum atomic E-state index is 9.20. The van der Waals surface area contributed by atoms with Crippen LogP contribution < -0.4 is 22.9 Å². The third kappa shape index (κ3) is 5.40. The summed E-state index contributed by atoms with van der Waals surface area (Å²) in [6.07, 6.45) is 1.02. The number of anilines is 4. The van der Waals surface area contributed by atoms with Crippen molar-refractivity contribution in [2.45, 2.75) is 12.8 Å². The number of hydrogen-bond donors (Lipinski definition) is 5. The molecule has 2 aromatic heterocycles. The molecule has 0 aliphatic heterocycles. The van der Waals surface area contributed by atoms with E-state index in [1.807, 2.05) is 4.90 Å². The molecule has 2 heterocycles. The van der Waals surface area contributed by atoms with Crippen LogP contribution in [0.2, 0.25) is 0 Å². The number of nitrogens with zero attached hydrogens (tertiary/aromatic N) is 7. The number of nitrogen functional groups attached to an aromatic ring is 4. The zero-order valence-electron chi connectivity index (χ0n) is 13.1. The normalized spacial score (nSPS) is 11.1. The Hall–Kier alpha value is -2.86. The first-order valence-corrected chi connectivity index (χ1v) is 7.31. The maximum absolute atomic E-state index is 9.20. The van der Waals surface area contributed by atoms with Gasteiger partial charge < -0.3 is 32.9 Å². The third-order valence-electron chi connectivity index (χ3n) is 3.15. The van der Waals surface area contributed by atoms with Gasteiger partial charge >= 0.3 is 0 Å². The van der Waals surface area contributed by atoms with Gasteiger partial charge in [0.05, 0.1) is 6.61 Å². The van der Waals surface area contributed by atoms with Gasteiger partial charge in [0.1, 0.15) is 11.6 Å². The molecule has 0 saturated heterocycles. The molecule has 0 aliphatic rings. The lowest BCUT2D eigenvalue weighted by Gasteiger charge is -2.20. The lowest BCUT2D eigenvalue weighted by atomic mass is 10.3. The third-order valence-corrected chi connectivity index (χ3v) is 3.15. The molecular weight excluding hydrogens is 314 g/mol. The fourth-order valence-corrected chi connectivity index (χ4v) is 2.13. The zero-order valence-corrected chi connectivity index (χ0v) is 13.1. The number of rotatable bonds is 8. The van der Waals surface area contributed by atoms with Crippen LogP contribution in [0.15, 0.2) is 0 Å².